The van der Waals surface area contributed by atoms with E-state index in [0.717, 1.165) is 18.2 Å². The van der Waals surface area contributed by atoms with Gasteiger partial charge in [-0.3, -0.25) is 9.59 Å². The SMILES string of the molecule is CC[C@@H](CC(=O)c1cc(=O)[nH]c(Cc2ccc(OC)c(F)c2)n1)c1ccc(OC(F)(F)F)c(F)c1. The first-order valence-corrected chi connectivity index (χ1v) is 10.5. The van der Waals surface area contributed by atoms with E-state index in [9.17, 15) is 31.5 Å². The van der Waals surface area contributed by atoms with Crippen molar-refractivity contribution in [2.75, 3.05) is 7.11 Å². The maximum Gasteiger partial charge on any atom is 0.573 e. The van der Waals surface area contributed by atoms with Gasteiger partial charge in [0.15, 0.2) is 28.9 Å². The first-order chi connectivity index (χ1) is 16.5. The summed E-state index contributed by atoms with van der Waals surface area (Å²) in [4.78, 5) is 31.6. The molecule has 0 aliphatic rings. The number of aromatic nitrogens is 2. The molecule has 0 aliphatic carbocycles. The number of aromatic amines is 1. The fourth-order valence-electron chi connectivity index (χ4n) is 3.55. The number of carbonyl (C=O) groups is 1. The van der Waals surface area contributed by atoms with Crippen LogP contribution >= 0.6 is 0 Å². The highest BCUT2D eigenvalue weighted by atomic mass is 19.4. The Morgan fingerprint density at radius 2 is 1.74 bits per heavy atom. The van der Waals surface area contributed by atoms with Crippen LogP contribution in [0.15, 0.2) is 47.3 Å². The zero-order chi connectivity index (χ0) is 25.8. The topological polar surface area (TPSA) is 81.3 Å². The first kappa shape index (κ1) is 25.9. The van der Waals surface area contributed by atoms with Crippen LogP contribution in [-0.2, 0) is 6.42 Å². The molecule has 2 aromatic carbocycles. The third-order valence-electron chi connectivity index (χ3n) is 5.24. The molecule has 0 bridgehead atoms. The number of benzene rings is 2. The fourth-order valence-corrected chi connectivity index (χ4v) is 3.55. The van der Waals surface area contributed by atoms with Crippen LogP contribution in [0.5, 0.6) is 11.5 Å². The molecule has 1 heterocycles. The summed E-state index contributed by atoms with van der Waals surface area (Å²) >= 11 is 0. The second kappa shape index (κ2) is 10.7. The number of halogens is 5. The quantitative estimate of drug-likeness (QED) is 0.321. The highest BCUT2D eigenvalue weighted by Gasteiger charge is 2.32. The standard InChI is InChI=1S/C24H21F5N2O4/c1-3-14(15-5-7-21(17(26)10-15)35-24(27,28)29)11-19(32)18-12-23(33)31-22(30-18)9-13-4-6-20(34-2)16(25)8-13/h4-8,10,12,14H,3,9,11H2,1-2H3,(H,30,31,33)/t14-/m0/s1. The molecule has 1 aromatic heterocycles. The zero-order valence-electron chi connectivity index (χ0n) is 18.7. The number of ether oxygens (including phenoxy) is 2. The Labute approximate surface area is 196 Å². The highest BCUT2D eigenvalue weighted by molar-refractivity contribution is 5.94. The number of Topliss-reactive ketones (excluding diaryl/α,β-unsaturated/α-hetero) is 1. The summed E-state index contributed by atoms with van der Waals surface area (Å²) in [7, 11) is 1.33. The van der Waals surface area contributed by atoms with Crippen molar-refractivity contribution in [1.29, 1.82) is 0 Å². The van der Waals surface area contributed by atoms with E-state index in [2.05, 4.69) is 14.7 Å². The van der Waals surface area contributed by atoms with Gasteiger partial charge in [-0.1, -0.05) is 19.1 Å². The molecule has 3 aromatic rings. The average molecular weight is 496 g/mol. The van der Waals surface area contributed by atoms with E-state index in [1.165, 1.54) is 25.3 Å². The van der Waals surface area contributed by atoms with Crippen LogP contribution in [0.2, 0.25) is 0 Å². The molecule has 0 amide bonds. The molecular formula is C24H21F5N2O4. The van der Waals surface area contributed by atoms with Crippen molar-refractivity contribution >= 4 is 5.78 Å². The molecule has 3 rings (SSSR count). The van der Waals surface area contributed by atoms with Crippen molar-refractivity contribution in [2.45, 2.75) is 38.5 Å². The lowest BCUT2D eigenvalue weighted by molar-refractivity contribution is -0.275. The normalized spacial score (nSPS) is 12.3. The monoisotopic (exact) mass is 496 g/mol. The summed E-state index contributed by atoms with van der Waals surface area (Å²) in [6.07, 6.45) is -4.79. The Morgan fingerprint density at radius 1 is 1.06 bits per heavy atom. The van der Waals surface area contributed by atoms with Crippen molar-refractivity contribution in [3.8, 4) is 11.5 Å². The minimum Gasteiger partial charge on any atom is -0.494 e. The lowest BCUT2D eigenvalue weighted by atomic mass is 9.90. The maximum atomic E-state index is 14.1. The summed E-state index contributed by atoms with van der Waals surface area (Å²) in [6, 6.07) is 8.24. The van der Waals surface area contributed by atoms with E-state index in [4.69, 9.17) is 4.74 Å². The summed E-state index contributed by atoms with van der Waals surface area (Å²) in [5.41, 5.74) is 0.0690. The molecule has 186 valence electrons. The number of hydrogen-bond acceptors (Lipinski definition) is 5. The van der Waals surface area contributed by atoms with Crippen LogP contribution in [0.25, 0.3) is 0 Å². The van der Waals surface area contributed by atoms with Gasteiger partial charge in [0, 0.05) is 18.9 Å². The maximum absolute atomic E-state index is 14.1. The zero-order valence-corrected chi connectivity index (χ0v) is 18.7. The van der Waals surface area contributed by atoms with Crippen LogP contribution in [0.3, 0.4) is 0 Å². The van der Waals surface area contributed by atoms with Crippen LogP contribution in [0, 0.1) is 11.6 Å². The number of alkyl halides is 3. The van der Waals surface area contributed by atoms with Crippen LogP contribution in [0.4, 0.5) is 22.0 Å². The lowest BCUT2D eigenvalue weighted by Crippen LogP contribution is -2.18. The molecule has 0 spiro atoms. The minimum atomic E-state index is -5.04. The molecule has 0 radical (unpaired) electrons. The van der Waals surface area contributed by atoms with Crippen molar-refractivity contribution in [1.82, 2.24) is 9.97 Å². The average Bonchev–Trinajstić information content (AvgIpc) is 2.77. The van der Waals surface area contributed by atoms with Crippen molar-refractivity contribution in [3.63, 3.8) is 0 Å². The van der Waals surface area contributed by atoms with E-state index in [0.29, 0.717) is 17.5 Å². The van der Waals surface area contributed by atoms with Crippen LogP contribution in [0.1, 0.15) is 53.1 Å². The fraction of sp³-hybridized carbons (Fsp3) is 0.292. The van der Waals surface area contributed by atoms with Gasteiger partial charge in [-0.15, -0.1) is 13.2 Å². The molecule has 35 heavy (non-hydrogen) atoms. The Hall–Kier alpha value is -3.76. The molecule has 0 aliphatic heterocycles. The molecule has 11 heteroatoms. The largest absolute Gasteiger partial charge is 0.573 e. The van der Waals surface area contributed by atoms with Gasteiger partial charge in [-0.05, 0) is 47.7 Å². The van der Waals surface area contributed by atoms with E-state index < -0.39 is 41.0 Å². The molecule has 0 saturated heterocycles. The number of nitrogens with zero attached hydrogens (tertiary/aromatic N) is 1. The summed E-state index contributed by atoms with van der Waals surface area (Å²) in [5, 5.41) is 0. The molecule has 0 unspecified atom stereocenters. The van der Waals surface area contributed by atoms with Gasteiger partial charge in [0.1, 0.15) is 11.5 Å². The number of nitrogens with one attached hydrogen (secondary N) is 1. The van der Waals surface area contributed by atoms with Crippen molar-refractivity contribution in [2.24, 2.45) is 0 Å². The predicted octanol–water partition coefficient (Wildman–Crippen LogP) is 5.31. The summed E-state index contributed by atoms with van der Waals surface area (Å²) in [5.74, 6) is -3.65. The smallest absolute Gasteiger partial charge is 0.494 e. The van der Waals surface area contributed by atoms with E-state index in [1.807, 2.05) is 0 Å². The van der Waals surface area contributed by atoms with Crippen LogP contribution < -0.4 is 15.0 Å². The number of ketones is 1. The Bertz CT molecular complexity index is 1270. The van der Waals surface area contributed by atoms with E-state index >= 15 is 0 Å². The van der Waals surface area contributed by atoms with Gasteiger partial charge < -0.3 is 14.5 Å². The summed E-state index contributed by atoms with van der Waals surface area (Å²) < 4.78 is 73.7. The van der Waals surface area contributed by atoms with Gasteiger partial charge in [-0.2, -0.15) is 0 Å². The van der Waals surface area contributed by atoms with E-state index in [1.54, 1.807) is 13.0 Å². The van der Waals surface area contributed by atoms with Gasteiger partial charge in [-0.25, -0.2) is 13.8 Å². The first-order valence-electron chi connectivity index (χ1n) is 10.5. The number of rotatable bonds is 9. The number of methoxy groups -OCH3 is 1. The minimum absolute atomic E-state index is 0.0420. The third-order valence-corrected chi connectivity index (χ3v) is 5.24. The summed E-state index contributed by atoms with van der Waals surface area (Å²) in [6.45, 7) is 1.73. The van der Waals surface area contributed by atoms with Gasteiger partial charge in [0.05, 0.1) is 7.11 Å². The second-order valence-corrected chi connectivity index (χ2v) is 7.69. The molecule has 0 fully saturated rings. The molecule has 1 N–H and O–H groups in total. The van der Waals surface area contributed by atoms with Crippen molar-refractivity contribution < 1.29 is 36.2 Å². The van der Waals surface area contributed by atoms with Gasteiger partial charge >= 0.3 is 6.36 Å². The lowest BCUT2D eigenvalue weighted by Gasteiger charge is -2.16. The van der Waals surface area contributed by atoms with E-state index in [-0.39, 0.29) is 30.1 Å². The van der Waals surface area contributed by atoms with Crippen LogP contribution in [-0.4, -0.2) is 29.2 Å². The second-order valence-electron chi connectivity index (χ2n) is 7.69. The van der Waals surface area contributed by atoms with Gasteiger partial charge in [0.25, 0.3) is 5.56 Å². The third kappa shape index (κ3) is 6.87. The molecule has 0 saturated carbocycles. The van der Waals surface area contributed by atoms with Crippen molar-refractivity contribution in [3.05, 3.63) is 87.1 Å². The van der Waals surface area contributed by atoms with Gasteiger partial charge in [0.2, 0.25) is 0 Å². The predicted molar refractivity (Wildman–Crippen MR) is 116 cm³/mol. The Morgan fingerprint density at radius 3 is 2.34 bits per heavy atom. The molecule has 6 nitrogen and oxygen atoms in total. The molecular weight excluding hydrogens is 475 g/mol. The number of hydrogen-bond donors (Lipinski definition) is 1. The molecule has 1 atom stereocenters. The number of carbonyl (C=O) groups excluding carboxylic acids is 1. The Balaban J connectivity index is 1.78. The highest BCUT2D eigenvalue weighted by Crippen LogP contribution is 2.31. The Kier molecular flexibility index (Phi) is 7.88. The number of H-pyrrole nitrogens is 1.